The van der Waals surface area contributed by atoms with Gasteiger partial charge in [0.15, 0.2) is 11.4 Å². The van der Waals surface area contributed by atoms with Gasteiger partial charge in [0.1, 0.15) is 11.3 Å². The summed E-state index contributed by atoms with van der Waals surface area (Å²) in [6.07, 6.45) is 5.04. The summed E-state index contributed by atoms with van der Waals surface area (Å²) in [5.41, 5.74) is 2.06. The van der Waals surface area contributed by atoms with E-state index in [-0.39, 0.29) is 17.9 Å². The fraction of sp³-hybridized carbons (Fsp3) is 0.280. The zero-order valence-corrected chi connectivity index (χ0v) is 19.3. The van der Waals surface area contributed by atoms with Crippen molar-refractivity contribution in [2.45, 2.75) is 25.8 Å². The molecule has 1 amide bonds. The molecule has 2 unspecified atom stereocenters. The third-order valence-corrected chi connectivity index (χ3v) is 6.44. The van der Waals surface area contributed by atoms with Crippen LogP contribution >= 0.6 is 11.6 Å². The van der Waals surface area contributed by atoms with Gasteiger partial charge in [0, 0.05) is 36.1 Å². The first-order chi connectivity index (χ1) is 16.5. The topological polar surface area (TPSA) is 84.2 Å². The Hall–Kier alpha value is -3.52. The summed E-state index contributed by atoms with van der Waals surface area (Å²) in [5, 5.41) is 3.83. The number of amides is 1. The van der Waals surface area contributed by atoms with E-state index in [1.54, 1.807) is 36.7 Å². The first kappa shape index (κ1) is 22.3. The fourth-order valence-electron chi connectivity index (χ4n) is 4.46. The lowest BCUT2D eigenvalue weighted by atomic mass is 9.89. The molecular weight excluding hydrogens is 457 g/mol. The maximum absolute atomic E-state index is 14.1. The standard InChI is InChI=1S/C25H23ClFN5O2/c1-15-4-2-11-32(21(15)14-30-25-31-20-12-16(26)5-8-22(20)34-25)24(33)18-7-6-17(27)13-19(18)23-28-9-3-10-29-23/h3,5-10,12-13,15,21H,2,4,11,14H2,1H3,(H,30,31). The van der Waals surface area contributed by atoms with Gasteiger partial charge in [-0.15, -0.1) is 0 Å². The molecule has 0 aliphatic carbocycles. The quantitative estimate of drug-likeness (QED) is 0.411. The molecule has 2 aromatic heterocycles. The number of anilines is 1. The minimum Gasteiger partial charge on any atom is -0.424 e. The Morgan fingerprint density at radius 3 is 2.88 bits per heavy atom. The Morgan fingerprint density at radius 1 is 1.24 bits per heavy atom. The highest BCUT2D eigenvalue weighted by atomic mass is 35.5. The molecule has 34 heavy (non-hydrogen) atoms. The number of hydrogen-bond donors (Lipinski definition) is 1. The number of aromatic nitrogens is 3. The number of hydrogen-bond acceptors (Lipinski definition) is 6. The smallest absolute Gasteiger partial charge is 0.295 e. The average molecular weight is 480 g/mol. The van der Waals surface area contributed by atoms with E-state index in [2.05, 4.69) is 27.2 Å². The first-order valence-corrected chi connectivity index (χ1v) is 11.6. The number of benzene rings is 2. The molecule has 5 rings (SSSR count). The van der Waals surface area contributed by atoms with Crippen molar-refractivity contribution in [3.05, 3.63) is 71.3 Å². The van der Waals surface area contributed by atoms with Crippen LogP contribution < -0.4 is 5.32 Å². The van der Waals surface area contributed by atoms with Crippen LogP contribution in [0.3, 0.4) is 0 Å². The van der Waals surface area contributed by atoms with Gasteiger partial charge in [-0.3, -0.25) is 4.79 Å². The molecule has 0 bridgehead atoms. The van der Waals surface area contributed by atoms with E-state index in [0.717, 1.165) is 12.8 Å². The molecule has 7 nitrogen and oxygen atoms in total. The number of rotatable bonds is 5. The van der Waals surface area contributed by atoms with Crippen LogP contribution in [0.25, 0.3) is 22.5 Å². The van der Waals surface area contributed by atoms with E-state index in [1.165, 1.54) is 18.2 Å². The van der Waals surface area contributed by atoms with E-state index >= 15 is 0 Å². The van der Waals surface area contributed by atoms with Crippen LogP contribution in [0.4, 0.5) is 10.4 Å². The summed E-state index contributed by atoms with van der Waals surface area (Å²) in [7, 11) is 0. The third kappa shape index (κ3) is 4.46. The van der Waals surface area contributed by atoms with Crippen LogP contribution in [0.15, 0.2) is 59.3 Å². The first-order valence-electron chi connectivity index (χ1n) is 11.2. The monoisotopic (exact) mass is 479 g/mol. The summed E-state index contributed by atoms with van der Waals surface area (Å²) < 4.78 is 19.9. The number of fused-ring (bicyclic) bond motifs is 1. The summed E-state index contributed by atoms with van der Waals surface area (Å²) >= 11 is 6.05. The Labute approximate surface area is 201 Å². The molecule has 2 aromatic carbocycles. The van der Waals surface area contributed by atoms with Crippen molar-refractivity contribution in [3.8, 4) is 11.4 Å². The third-order valence-electron chi connectivity index (χ3n) is 6.21. The second kappa shape index (κ2) is 9.38. The van der Waals surface area contributed by atoms with Gasteiger partial charge in [0.2, 0.25) is 0 Å². The lowest BCUT2D eigenvalue weighted by Crippen LogP contribution is -2.51. The number of likely N-dealkylation sites (tertiary alicyclic amines) is 1. The lowest BCUT2D eigenvalue weighted by Gasteiger charge is -2.40. The van der Waals surface area contributed by atoms with Crippen LogP contribution in [-0.2, 0) is 0 Å². The Bertz CT molecular complexity index is 1330. The number of carbonyl (C=O) groups excluding carboxylic acids is 1. The highest BCUT2D eigenvalue weighted by Crippen LogP contribution is 2.29. The van der Waals surface area contributed by atoms with Gasteiger partial charge in [0.25, 0.3) is 11.9 Å². The van der Waals surface area contributed by atoms with Crippen molar-refractivity contribution in [1.29, 1.82) is 0 Å². The van der Waals surface area contributed by atoms with E-state index < -0.39 is 5.82 Å². The normalized spacial score (nSPS) is 18.3. The van der Waals surface area contributed by atoms with Gasteiger partial charge in [-0.25, -0.2) is 14.4 Å². The number of oxazole rings is 1. The van der Waals surface area contributed by atoms with Gasteiger partial charge in [0.05, 0.1) is 11.6 Å². The van der Waals surface area contributed by atoms with Crippen LogP contribution in [-0.4, -0.2) is 44.9 Å². The molecule has 3 heterocycles. The Kier molecular flexibility index (Phi) is 6.15. The van der Waals surface area contributed by atoms with Gasteiger partial charge in [-0.2, -0.15) is 4.98 Å². The summed E-state index contributed by atoms with van der Waals surface area (Å²) in [6.45, 7) is 3.19. The molecule has 1 saturated heterocycles. The molecule has 0 spiro atoms. The molecule has 1 fully saturated rings. The molecule has 2 atom stereocenters. The second-order valence-electron chi connectivity index (χ2n) is 8.46. The van der Waals surface area contributed by atoms with E-state index in [0.29, 0.717) is 52.2 Å². The Balaban J connectivity index is 1.41. The molecule has 1 aliphatic heterocycles. The van der Waals surface area contributed by atoms with Crippen LogP contribution in [0.2, 0.25) is 5.02 Å². The number of piperidine rings is 1. The average Bonchev–Trinajstić information content (AvgIpc) is 3.25. The lowest BCUT2D eigenvalue weighted by molar-refractivity contribution is 0.0540. The molecule has 1 aliphatic rings. The molecular formula is C25H23ClFN5O2. The number of halogens is 2. The predicted octanol–water partition coefficient (Wildman–Crippen LogP) is 5.43. The van der Waals surface area contributed by atoms with Crippen LogP contribution in [0.5, 0.6) is 0 Å². The van der Waals surface area contributed by atoms with Crippen molar-refractivity contribution in [2.75, 3.05) is 18.4 Å². The van der Waals surface area contributed by atoms with E-state index in [1.807, 2.05) is 4.90 Å². The van der Waals surface area contributed by atoms with Gasteiger partial charge in [-0.05, 0) is 61.2 Å². The minimum atomic E-state index is -0.444. The van der Waals surface area contributed by atoms with Crippen molar-refractivity contribution in [3.63, 3.8) is 0 Å². The molecule has 4 aromatic rings. The van der Waals surface area contributed by atoms with Crippen molar-refractivity contribution in [1.82, 2.24) is 19.9 Å². The molecule has 0 saturated carbocycles. The van der Waals surface area contributed by atoms with Crippen molar-refractivity contribution >= 4 is 34.6 Å². The van der Waals surface area contributed by atoms with Gasteiger partial charge >= 0.3 is 0 Å². The molecule has 174 valence electrons. The minimum absolute atomic E-state index is 0.102. The second-order valence-corrected chi connectivity index (χ2v) is 8.90. The SMILES string of the molecule is CC1CCCN(C(=O)c2ccc(F)cc2-c2ncccn2)C1CNc1nc2cc(Cl)ccc2o1. The van der Waals surface area contributed by atoms with E-state index in [4.69, 9.17) is 16.0 Å². The van der Waals surface area contributed by atoms with Gasteiger partial charge < -0.3 is 14.6 Å². The number of carbonyl (C=O) groups is 1. The predicted molar refractivity (Wildman–Crippen MR) is 128 cm³/mol. The van der Waals surface area contributed by atoms with Crippen LogP contribution in [0.1, 0.15) is 30.1 Å². The highest BCUT2D eigenvalue weighted by Gasteiger charge is 2.33. The maximum atomic E-state index is 14.1. The van der Waals surface area contributed by atoms with Crippen LogP contribution in [0, 0.1) is 11.7 Å². The van der Waals surface area contributed by atoms with Gasteiger partial charge in [-0.1, -0.05) is 18.5 Å². The number of nitrogens with zero attached hydrogens (tertiary/aromatic N) is 4. The summed E-state index contributed by atoms with van der Waals surface area (Å²) in [4.78, 5) is 28.5. The molecule has 9 heteroatoms. The van der Waals surface area contributed by atoms with E-state index in [9.17, 15) is 9.18 Å². The zero-order valence-electron chi connectivity index (χ0n) is 18.5. The number of nitrogens with one attached hydrogen (secondary N) is 1. The molecule has 0 radical (unpaired) electrons. The summed E-state index contributed by atoms with van der Waals surface area (Å²) in [6, 6.07) is 11.3. The Morgan fingerprint density at radius 2 is 2.06 bits per heavy atom. The largest absolute Gasteiger partial charge is 0.424 e. The molecule has 1 N–H and O–H groups in total. The maximum Gasteiger partial charge on any atom is 0.295 e. The summed E-state index contributed by atoms with van der Waals surface area (Å²) in [5.74, 6) is -0.0541. The van der Waals surface area contributed by atoms with Crippen molar-refractivity contribution < 1.29 is 13.6 Å². The zero-order chi connectivity index (χ0) is 23.7. The van der Waals surface area contributed by atoms with Crippen molar-refractivity contribution in [2.24, 2.45) is 5.92 Å². The highest BCUT2D eigenvalue weighted by molar-refractivity contribution is 6.31. The fourth-order valence-corrected chi connectivity index (χ4v) is 4.63.